The van der Waals surface area contributed by atoms with Crippen molar-refractivity contribution in [2.24, 2.45) is 5.73 Å². The predicted molar refractivity (Wildman–Crippen MR) is 62.8 cm³/mol. The molecule has 2 rings (SSSR count). The molecule has 1 aromatic heterocycles. The number of ether oxygens (including phenoxy) is 1. The van der Waals surface area contributed by atoms with Crippen molar-refractivity contribution in [3.63, 3.8) is 0 Å². The van der Waals surface area contributed by atoms with E-state index in [4.69, 9.17) is 11.5 Å². The van der Waals surface area contributed by atoms with E-state index >= 15 is 0 Å². The van der Waals surface area contributed by atoms with Crippen molar-refractivity contribution in [3.05, 3.63) is 11.4 Å². The van der Waals surface area contributed by atoms with Crippen LogP contribution < -0.4 is 16.8 Å². The Morgan fingerprint density at radius 2 is 2.22 bits per heavy atom. The highest BCUT2D eigenvalue weighted by molar-refractivity contribution is 5.97. The first-order chi connectivity index (χ1) is 8.59. The summed E-state index contributed by atoms with van der Waals surface area (Å²) in [6.45, 7) is 0.174. The third-order valence-corrected chi connectivity index (χ3v) is 2.67. The molecule has 0 aromatic carbocycles. The molecule has 1 saturated carbocycles. The molecule has 6 N–H and O–H groups in total. The van der Waals surface area contributed by atoms with E-state index in [2.05, 4.69) is 20.3 Å². The van der Waals surface area contributed by atoms with Crippen LogP contribution in [0.15, 0.2) is 0 Å². The molecule has 0 unspecified atom stereocenters. The summed E-state index contributed by atoms with van der Waals surface area (Å²) >= 11 is 0. The molecular weight excluding hydrogens is 238 g/mol. The number of aromatic nitrogens is 2. The standard InChI is InChI=1S/C10H15N5O3/c11-6-7(5-1-2-5)14-15-8(6)9(16)13-3-4-18-10(12)17/h5H,1-4,11H2,(H2,12,17)(H,13,16)(H,14,15). The second-order valence-electron chi connectivity index (χ2n) is 4.10. The number of nitrogens with two attached hydrogens (primary N) is 2. The Morgan fingerprint density at radius 1 is 1.50 bits per heavy atom. The number of hydrogen-bond acceptors (Lipinski definition) is 5. The summed E-state index contributed by atoms with van der Waals surface area (Å²) < 4.78 is 4.48. The van der Waals surface area contributed by atoms with Crippen molar-refractivity contribution in [2.45, 2.75) is 18.8 Å². The van der Waals surface area contributed by atoms with Gasteiger partial charge in [-0.05, 0) is 12.8 Å². The number of nitrogen functional groups attached to an aromatic ring is 1. The van der Waals surface area contributed by atoms with Crippen molar-refractivity contribution in [1.29, 1.82) is 0 Å². The summed E-state index contributed by atoms with van der Waals surface area (Å²) in [5.74, 6) is 0.000894. The SMILES string of the molecule is NC(=O)OCCNC(=O)c1n[nH]c(C2CC2)c1N. The summed E-state index contributed by atoms with van der Waals surface area (Å²) in [4.78, 5) is 22.0. The maximum Gasteiger partial charge on any atom is 0.404 e. The van der Waals surface area contributed by atoms with Gasteiger partial charge in [-0.25, -0.2) is 4.79 Å². The number of carbonyl (C=O) groups excluding carboxylic acids is 2. The molecule has 1 fully saturated rings. The average Bonchev–Trinajstić information content (AvgIpc) is 3.08. The smallest absolute Gasteiger partial charge is 0.404 e. The zero-order valence-corrected chi connectivity index (χ0v) is 9.73. The molecule has 2 amide bonds. The molecule has 1 aliphatic carbocycles. The van der Waals surface area contributed by atoms with Crippen LogP contribution in [0.25, 0.3) is 0 Å². The second kappa shape index (κ2) is 4.94. The molecule has 8 nitrogen and oxygen atoms in total. The van der Waals surface area contributed by atoms with Crippen molar-refractivity contribution in [1.82, 2.24) is 15.5 Å². The van der Waals surface area contributed by atoms with E-state index in [1.54, 1.807) is 0 Å². The Labute approximate surface area is 103 Å². The molecule has 8 heteroatoms. The number of amides is 2. The number of H-pyrrole nitrogens is 1. The van der Waals surface area contributed by atoms with Crippen molar-refractivity contribution in [2.75, 3.05) is 18.9 Å². The zero-order valence-electron chi connectivity index (χ0n) is 9.73. The fourth-order valence-corrected chi connectivity index (χ4v) is 1.62. The van der Waals surface area contributed by atoms with E-state index in [0.717, 1.165) is 18.5 Å². The number of rotatable bonds is 5. The third kappa shape index (κ3) is 2.70. The van der Waals surface area contributed by atoms with Crippen molar-refractivity contribution >= 4 is 17.7 Å². The van der Waals surface area contributed by atoms with Crippen LogP contribution in [-0.4, -0.2) is 35.3 Å². The van der Waals surface area contributed by atoms with E-state index < -0.39 is 12.0 Å². The molecule has 0 bridgehead atoms. The van der Waals surface area contributed by atoms with Crippen molar-refractivity contribution < 1.29 is 14.3 Å². The normalized spacial score (nSPS) is 14.2. The molecule has 0 atom stereocenters. The topological polar surface area (TPSA) is 136 Å². The highest BCUT2D eigenvalue weighted by Crippen LogP contribution is 2.42. The number of anilines is 1. The summed E-state index contributed by atoms with van der Waals surface area (Å²) in [5.41, 5.74) is 12.0. The van der Waals surface area contributed by atoms with E-state index in [-0.39, 0.29) is 18.8 Å². The molecule has 1 heterocycles. The fourth-order valence-electron chi connectivity index (χ4n) is 1.62. The Kier molecular flexibility index (Phi) is 3.35. The maximum absolute atomic E-state index is 11.7. The van der Waals surface area contributed by atoms with Gasteiger partial charge in [0, 0.05) is 5.92 Å². The Balaban J connectivity index is 1.86. The number of primary amides is 1. The number of nitrogens with zero attached hydrogens (tertiary/aromatic N) is 1. The predicted octanol–water partition coefficient (Wildman–Crippen LogP) is -0.306. The highest BCUT2D eigenvalue weighted by atomic mass is 16.5. The van der Waals surface area contributed by atoms with Gasteiger partial charge in [-0.1, -0.05) is 0 Å². The minimum Gasteiger partial charge on any atom is -0.448 e. The lowest BCUT2D eigenvalue weighted by atomic mass is 10.2. The lowest BCUT2D eigenvalue weighted by Crippen LogP contribution is -2.29. The van der Waals surface area contributed by atoms with Gasteiger partial charge in [-0.2, -0.15) is 5.10 Å². The minimum atomic E-state index is -0.875. The number of nitrogens with one attached hydrogen (secondary N) is 2. The van der Waals surface area contributed by atoms with Crippen LogP contribution in [0.4, 0.5) is 10.5 Å². The van der Waals surface area contributed by atoms with Crippen LogP contribution in [-0.2, 0) is 4.74 Å². The Bertz CT molecular complexity index is 466. The van der Waals surface area contributed by atoms with E-state index in [1.807, 2.05) is 0 Å². The maximum atomic E-state index is 11.7. The van der Waals surface area contributed by atoms with Crippen LogP contribution >= 0.6 is 0 Å². The van der Waals surface area contributed by atoms with Crippen LogP contribution in [0.5, 0.6) is 0 Å². The van der Waals surface area contributed by atoms with Gasteiger partial charge in [-0.15, -0.1) is 0 Å². The second-order valence-corrected chi connectivity index (χ2v) is 4.10. The molecule has 0 radical (unpaired) electrons. The molecule has 1 aliphatic rings. The zero-order chi connectivity index (χ0) is 13.1. The summed E-state index contributed by atoms with van der Waals surface area (Å²) in [6.07, 6.45) is 1.26. The molecule has 98 valence electrons. The number of hydrogen-bond donors (Lipinski definition) is 4. The molecule has 0 aliphatic heterocycles. The van der Waals surface area contributed by atoms with Gasteiger partial charge in [0.15, 0.2) is 5.69 Å². The summed E-state index contributed by atoms with van der Waals surface area (Å²) in [7, 11) is 0. The molecular formula is C10H15N5O3. The fraction of sp³-hybridized carbons (Fsp3) is 0.500. The summed E-state index contributed by atoms with van der Waals surface area (Å²) in [6, 6.07) is 0. The Hall–Kier alpha value is -2.25. The van der Waals surface area contributed by atoms with Gasteiger partial charge >= 0.3 is 6.09 Å². The highest BCUT2D eigenvalue weighted by Gasteiger charge is 2.30. The van der Waals surface area contributed by atoms with Crippen LogP contribution in [0.3, 0.4) is 0 Å². The lowest BCUT2D eigenvalue weighted by molar-refractivity contribution is 0.0932. The first-order valence-corrected chi connectivity index (χ1v) is 5.63. The first kappa shape index (κ1) is 12.2. The number of aromatic amines is 1. The minimum absolute atomic E-state index is 0.0148. The van der Waals surface area contributed by atoms with Gasteiger partial charge in [0.2, 0.25) is 0 Å². The third-order valence-electron chi connectivity index (χ3n) is 2.67. The molecule has 1 aromatic rings. The van der Waals surface area contributed by atoms with Crippen LogP contribution in [0.2, 0.25) is 0 Å². The molecule has 18 heavy (non-hydrogen) atoms. The van der Waals surface area contributed by atoms with Crippen molar-refractivity contribution in [3.8, 4) is 0 Å². The van der Waals surface area contributed by atoms with E-state index in [1.165, 1.54) is 0 Å². The average molecular weight is 253 g/mol. The van der Waals surface area contributed by atoms with E-state index in [9.17, 15) is 9.59 Å². The van der Waals surface area contributed by atoms with Crippen LogP contribution in [0, 0.1) is 0 Å². The number of carbonyl (C=O) groups is 2. The Morgan fingerprint density at radius 3 is 2.83 bits per heavy atom. The van der Waals surface area contributed by atoms with Gasteiger partial charge < -0.3 is 21.5 Å². The lowest BCUT2D eigenvalue weighted by Gasteiger charge is -2.03. The largest absolute Gasteiger partial charge is 0.448 e. The first-order valence-electron chi connectivity index (χ1n) is 5.63. The quantitative estimate of drug-likeness (QED) is 0.534. The van der Waals surface area contributed by atoms with Gasteiger partial charge in [-0.3, -0.25) is 9.89 Å². The van der Waals surface area contributed by atoms with Gasteiger partial charge in [0.05, 0.1) is 17.9 Å². The monoisotopic (exact) mass is 253 g/mol. The van der Waals surface area contributed by atoms with E-state index in [0.29, 0.717) is 11.6 Å². The van der Waals surface area contributed by atoms with Crippen LogP contribution in [0.1, 0.15) is 34.9 Å². The molecule has 0 spiro atoms. The van der Waals surface area contributed by atoms with Gasteiger partial charge in [0.25, 0.3) is 5.91 Å². The molecule has 0 saturated heterocycles. The summed E-state index contributed by atoms with van der Waals surface area (Å²) in [5, 5.41) is 9.21. The van der Waals surface area contributed by atoms with Gasteiger partial charge in [0.1, 0.15) is 6.61 Å².